The number of nitrogens with two attached hydrogens (primary N) is 1. The van der Waals surface area contributed by atoms with Gasteiger partial charge in [-0.1, -0.05) is 0 Å². The zero-order valence-corrected chi connectivity index (χ0v) is 16.7. The maximum Gasteiger partial charge on any atom is 0.410 e. The third-order valence-electron chi connectivity index (χ3n) is 5.24. The van der Waals surface area contributed by atoms with E-state index in [1.54, 1.807) is 11.0 Å². The summed E-state index contributed by atoms with van der Waals surface area (Å²) < 4.78 is 5.46. The lowest BCUT2D eigenvalue weighted by Gasteiger charge is -2.33. The second-order valence-corrected chi connectivity index (χ2v) is 8.63. The molecule has 0 aromatic heterocycles. The first-order valence-corrected chi connectivity index (χ1v) is 9.90. The number of carbonyl (C=O) groups excluding carboxylic acids is 2. The minimum absolute atomic E-state index is 0.0761. The van der Waals surface area contributed by atoms with Crippen molar-refractivity contribution < 1.29 is 14.3 Å². The van der Waals surface area contributed by atoms with Gasteiger partial charge in [0.1, 0.15) is 5.60 Å². The Morgan fingerprint density at radius 1 is 1.00 bits per heavy atom. The van der Waals surface area contributed by atoms with Crippen molar-refractivity contribution in [2.75, 3.05) is 31.9 Å². The van der Waals surface area contributed by atoms with Crippen molar-refractivity contribution in [2.45, 2.75) is 58.0 Å². The first-order chi connectivity index (χ1) is 12.7. The summed E-state index contributed by atoms with van der Waals surface area (Å²) in [5.41, 5.74) is 8.02. The molecule has 2 aliphatic heterocycles. The monoisotopic (exact) mass is 373 g/mol. The lowest BCUT2D eigenvalue weighted by Crippen LogP contribution is -2.41. The Morgan fingerprint density at radius 3 is 2.22 bits per heavy atom. The number of rotatable bonds is 2. The van der Waals surface area contributed by atoms with Gasteiger partial charge >= 0.3 is 6.09 Å². The highest BCUT2D eigenvalue weighted by molar-refractivity contribution is 5.95. The number of likely N-dealkylation sites (tertiary alicyclic amines) is 2. The molecule has 2 fully saturated rings. The third-order valence-corrected chi connectivity index (χ3v) is 5.24. The van der Waals surface area contributed by atoms with Gasteiger partial charge in [0.25, 0.3) is 5.91 Å². The molecule has 0 aliphatic carbocycles. The summed E-state index contributed by atoms with van der Waals surface area (Å²) in [5, 5.41) is 0. The van der Waals surface area contributed by atoms with E-state index in [0.717, 1.165) is 44.3 Å². The fourth-order valence-electron chi connectivity index (χ4n) is 3.86. The molecule has 2 aliphatic rings. The van der Waals surface area contributed by atoms with Crippen LogP contribution in [0.2, 0.25) is 0 Å². The Kier molecular flexibility index (Phi) is 5.63. The van der Waals surface area contributed by atoms with Crippen LogP contribution in [0.15, 0.2) is 18.2 Å². The van der Waals surface area contributed by atoms with E-state index in [9.17, 15) is 9.59 Å². The molecule has 1 aromatic carbocycles. The molecular weight excluding hydrogens is 342 g/mol. The van der Waals surface area contributed by atoms with E-state index in [2.05, 4.69) is 0 Å². The number of nitrogen functional groups attached to an aromatic ring is 1. The zero-order chi connectivity index (χ0) is 19.6. The van der Waals surface area contributed by atoms with Crippen molar-refractivity contribution >= 4 is 17.7 Å². The Hall–Kier alpha value is -2.24. The quantitative estimate of drug-likeness (QED) is 0.804. The van der Waals surface area contributed by atoms with Crippen molar-refractivity contribution in [3.63, 3.8) is 0 Å². The topological polar surface area (TPSA) is 75.9 Å². The zero-order valence-electron chi connectivity index (χ0n) is 16.7. The summed E-state index contributed by atoms with van der Waals surface area (Å²) >= 11 is 0. The van der Waals surface area contributed by atoms with Gasteiger partial charge < -0.3 is 20.3 Å². The normalized spacial score (nSPS) is 18.6. The summed E-state index contributed by atoms with van der Waals surface area (Å²) in [5.74, 6) is 0.379. The number of nitrogens with zero attached hydrogens (tertiary/aromatic N) is 2. The maximum atomic E-state index is 12.7. The molecule has 0 radical (unpaired) electrons. The predicted molar refractivity (Wildman–Crippen MR) is 106 cm³/mol. The van der Waals surface area contributed by atoms with E-state index in [4.69, 9.17) is 10.5 Å². The number of benzene rings is 1. The molecule has 0 atom stereocenters. The van der Waals surface area contributed by atoms with Crippen LogP contribution in [0.3, 0.4) is 0 Å². The summed E-state index contributed by atoms with van der Waals surface area (Å²) in [6, 6.07) is 5.74. The van der Waals surface area contributed by atoms with Crippen LogP contribution in [0.25, 0.3) is 0 Å². The molecule has 1 aromatic rings. The number of piperidine rings is 1. The van der Waals surface area contributed by atoms with Crippen LogP contribution in [-0.2, 0) is 4.74 Å². The van der Waals surface area contributed by atoms with E-state index in [-0.39, 0.29) is 12.0 Å². The van der Waals surface area contributed by atoms with Crippen LogP contribution in [0.4, 0.5) is 10.5 Å². The van der Waals surface area contributed by atoms with Crippen LogP contribution in [0.1, 0.15) is 68.3 Å². The van der Waals surface area contributed by atoms with Gasteiger partial charge in [0.15, 0.2) is 0 Å². The molecule has 2 N–H and O–H groups in total. The standard InChI is InChI=1S/C21H31N3O3/c1-21(2,3)27-20(26)24-10-6-15(7-11-24)16-12-17(14-18(22)13-16)19(25)23-8-4-5-9-23/h12-15H,4-11,22H2,1-3H3. The van der Waals surface area contributed by atoms with Crippen molar-refractivity contribution in [3.05, 3.63) is 29.3 Å². The van der Waals surface area contributed by atoms with E-state index >= 15 is 0 Å². The van der Waals surface area contributed by atoms with E-state index in [1.807, 2.05) is 37.8 Å². The van der Waals surface area contributed by atoms with E-state index < -0.39 is 5.60 Å². The number of anilines is 1. The molecule has 0 spiro atoms. The lowest BCUT2D eigenvalue weighted by molar-refractivity contribution is 0.0205. The highest BCUT2D eigenvalue weighted by Crippen LogP contribution is 2.31. The Labute approximate surface area is 161 Å². The highest BCUT2D eigenvalue weighted by Gasteiger charge is 2.28. The SMILES string of the molecule is CC(C)(C)OC(=O)N1CCC(c2cc(N)cc(C(=O)N3CCCC3)c2)CC1. The largest absolute Gasteiger partial charge is 0.444 e. The second kappa shape index (κ2) is 7.79. The molecule has 6 heteroatoms. The van der Waals surface area contributed by atoms with Crippen LogP contribution >= 0.6 is 0 Å². The molecule has 148 valence electrons. The van der Waals surface area contributed by atoms with Crippen molar-refractivity contribution in [2.24, 2.45) is 0 Å². The number of hydrogen-bond donors (Lipinski definition) is 1. The molecule has 2 saturated heterocycles. The molecular formula is C21H31N3O3. The minimum Gasteiger partial charge on any atom is -0.444 e. The van der Waals surface area contributed by atoms with Crippen molar-refractivity contribution in [1.82, 2.24) is 9.80 Å². The smallest absolute Gasteiger partial charge is 0.410 e. The first-order valence-electron chi connectivity index (χ1n) is 9.90. The molecule has 0 bridgehead atoms. The van der Waals surface area contributed by atoms with E-state index in [0.29, 0.717) is 30.3 Å². The van der Waals surface area contributed by atoms with Crippen LogP contribution in [0.5, 0.6) is 0 Å². The Morgan fingerprint density at radius 2 is 1.63 bits per heavy atom. The summed E-state index contributed by atoms with van der Waals surface area (Å²) in [6.45, 7) is 8.61. The summed E-state index contributed by atoms with van der Waals surface area (Å²) in [6.07, 6.45) is 3.59. The first kappa shape index (κ1) is 19.5. The fraction of sp³-hybridized carbons (Fsp3) is 0.619. The van der Waals surface area contributed by atoms with Gasteiger partial charge in [0, 0.05) is 37.4 Å². The van der Waals surface area contributed by atoms with E-state index in [1.165, 1.54) is 0 Å². The van der Waals surface area contributed by atoms with Crippen molar-refractivity contribution in [1.29, 1.82) is 0 Å². The molecule has 3 rings (SSSR count). The second-order valence-electron chi connectivity index (χ2n) is 8.63. The number of carbonyl (C=O) groups is 2. The molecule has 2 amide bonds. The number of hydrogen-bond acceptors (Lipinski definition) is 4. The average molecular weight is 373 g/mol. The molecule has 2 heterocycles. The van der Waals surface area contributed by atoms with Gasteiger partial charge in [-0.15, -0.1) is 0 Å². The summed E-state index contributed by atoms with van der Waals surface area (Å²) in [7, 11) is 0. The van der Waals surface area contributed by atoms with Gasteiger partial charge in [0.2, 0.25) is 0 Å². The Balaban J connectivity index is 1.65. The van der Waals surface area contributed by atoms with Gasteiger partial charge in [-0.25, -0.2) is 4.79 Å². The third kappa shape index (κ3) is 4.93. The predicted octanol–water partition coefficient (Wildman–Crippen LogP) is 3.62. The summed E-state index contributed by atoms with van der Waals surface area (Å²) in [4.78, 5) is 28.6. The Bertz CT molecular complexity index is 697. The van der Waals surface area contributed by atoms with Gasteiger partial charge in [-0.2, -0.15) is 0 Å². The van der Waals surface area contributed by atoms with Gasteiger partial charge in [0.05, 0.1) is 0 Å². The van der Waals surface area contributed by atoms with Gasteiger partial charge in [-0.05, 0) is 76.1 Å². The number of amides is 2. The van der Waals surface area contributed by atoms with Crippen LogP contribution in [-0.4, -0.2) is 53.6 Å². The van der Waals surface area contributed by atoms with Crippen molar-refractivity contribution in [3.8, 4) is 0 Å². The highest BCUT2D eigenvalue weighted by atomic mass is 16.6. The average Bonchev–Trinajstić information content (AvgIpc) is 3.14. The minimum atomic E-state index is -0.480. The molecule has 0 unspecified atom stereocenters. The molecule has 6 nitrogen and oxygen atoms in total. The van der Waals surface area contributed by atoms with Crippen LogP contribution < -0.4 is 5.73 Å². The van der Waals surface area contributed by atoms with Crippen LogP contribution in [0, 0.1) is 0 Å². The fourth-order valence-corrected chi connectivity index (χ4v) is 3.86. The van der Waals surface area contributed by atoms with Gasteiger partial charge in [-0.3, -0.25) is 4.79 Å². The lowest BCUT2D eigenvalue weighted by atomic mass is 9.88. The number of ether oxygens (including phenoxy) is 1. The molecule has 0 saturated carbocycles. The molecule has 27 heavy (non-hydrogen) atoms. The maximum absolute atomic E-state index is 12.7.